The van der Waals surface area contributed by atoms with Crippen molar-refractivity contribution >= 4 is 17.9 Å². The van der Waals surface area contributed by atoms with Gasteiger partial charge in [-0.15, -0.1) is 0 Å². The molecule has 0 aromatic carbocycles. The van der Waals surface area contributed by atoms with E-state index in [4.69, 9.17) is 14.2 Å². The molecule has 0 radical (unpaired) electrons. The van der Waals surface area contributed by atoms with Gasteiger partial charge in [0.1, 0.15) is 13.2 Å². The highest BCUT2D eigenvalue weighted by Gasteiger charge is 2.19. The molecule has 6 nitrogen and oxygen atoms in total. The highest BCUT2D eigenvalue weighted by Crippen LogP contribution is 2.19. The standard InChI is InChI=1S/C71H136O6/c1-4-7-10-13-16-19-21-23-25-27-28-29-30-31-32-33-34-35-36-37-38-39-40-41-42-43-45-46-48-50-52-55-58-61-64-70(73)76-67-68(66-75-69(72)63-60-57-54-18-15-12-9-6-3)77-71(74)65-62-59-56-53-51-49-47-44-26-24-22-20-17-14-11-8-5-2/h24,26,68H,4-23,25,27-67H2,1-3H3/b26-24-. The fourth-order valence-corrected chi connectivity index (χ4v) is 11.0. The van der Waals surface area contributed by atoms with E-state index < -0.39 is 6.10 Å². The molecule has 0 aliphatic carbocycles. The maximum atomic E-state index is 12.9. The van der Waals surface area contributed by atoms with Crippen LogP contribution < -0.4 is 0 Å². The van der Waals surface area contributed by atoms with Crippen molar-refractivity contribution in [3.63, 3.8) is 0 Å². The number of unbranched alkanes of at least 4 members (excludes halogenated alkanes) is 53. The van der Waals surface area contributed by atoms with Gasteiger partial charge in [-0.2, -0.15) is 0 Å². The van der Waals surface area contributed by atoms with Gasteiger partial charge in [-0.05, 0) is 44.9 Å². The zero-order valence-electron chi connectivity index (χ0n) is 52.5. The Labute approximate surface area is 481 Å². The van der Waals surface area contributed by atoms with Crippen LogP contribution in [-0.2, 0) is 28.6 Å². The Kier molecular flexibility index (Phi) is 65.1. The molecule has 1 atom stereocenters. The molecule has 1 unspecified atom stereocenters. The maximum absolute atomic E-state index is 12.9. The van der Waals surface area contributed by atoms with Gasteiger partial charge < -0.3 is 14.2 Å². The Bertz CT molecular complexity index is 1200. The van der Waals surface area contributed by atoms with Gasteiger partial charge in [-0.1, -0.05) is 354 Å². The van der Waals surface area contributed by atoms with Crippen molar-refractivity contribution in [1.82, 2.24) is 0 Å². The molecule has 0 spiro atoms. The Morgan fingerprint density at radius 1 is 0.247 bits per heavy atom. The van der Waals surface area contributed by atoms with E-state index in [1.54, 1.807) is 0 Å². The van der Waals surface area contributed by atoms with Crippen molar-refractivity contribution in [1.29, 1.82) is 0 Å². The lowest BCUT2D eigenvalue weighted by molar-refractivity contribution is -0.167. The lowest BCUT2D eigenvalue weighted by atomic mass is 10.0. The van der Waals surface area contributed by atoms with Gasteiger partial charge in [0.15, 0.2) is 6.10 Å². The Morgan fingerprint density at radius 3 is 0.649 bits per heavy atom. The fourth-order valence-electron chi connectivity index (χ4n) is 11.0. The minimum Gasteiger partial charge on any atom is -0.462 e. The first-order chi connectivity index (χ1) is 38.0. The fraction of sp³-hybridized carbons (Fsp3) is 0.930. The summed E-state index contributed by atoms with van der Waals surface area (Å²) in [4.78, 5) is 38.1. The molecule has 0 saturated carbocycles. The number of rotatable bonds is 66. The van der Waals surface area contributed by atoms with Crippen LogP contribution in [0.25, 0.3) is 0 Å². The van der Waals surface area contributed by atoms with Crippen LogP contribution in [0.15, 0.2) is 12.2 Å². The SMILES string of the molecule is CCCCCCCC/C=C\CCCCCCCCCC(=O)OC(COC(=O)CCCCCCCCCC)COC(=O)CCCCCCCCCCCCCCCCCCCCCCCCCCCCCCCCCCCC. The van der Waals surface area contributed by atoms with E-state index in [0.717, 1.165) is 57.8 Å². The molecular formula is C71H136O6. The Morgan fingerprint density at radius 2 is 0.429 bits per heavy atom. The summed E-state index contributed by atoms with van der Waals surface area (Å²) in [5.41, 5.74) is 0. The Balaban J connectivity index is 3.94. The molecule has 0 aromatic rings. The van der Waals surface area contributed by atoms with Crippen molar-refractivity contribution in [2.45, 2.75) is 412 Å². The molecule has 0 aliphatic rings. The summed E-state index contributed by atoms with van der Waals surface area (Å²) in [6.45, 7) is 6.68. The lowest BCUT2D eigenvalue weighted by Crippen LogP contribution is -2.30. The van der Waals surface area contributed by atoms with E-state index in [2.05, 4.69) is 32.9 Å². The molecule has 0 bridgehead atoms. The van der Waals surface area contributed by atoms with Crippen molar-refractivity contribution in [3.8, 4) is 0 Å². The topological polar surface area (TPSA) is 78.9 Å². The predicted molar refractivity (Wildman–Crippen MR) is 335 cm³/mol. The number of allylic oxidation sites excluding steroid dienone is 2. The lowest BCUT2D eigenvalue weighted by Gasteiger charge is -2.18. The molecule has 77 heavy (non-hydrogen) atoms. The average molecular weight is 1090 g/mol. The van der Waals surface area contributed by atoms with Crippen molar-refractivity contribution < 1.29 is 28.6 Å². The van der Waals surface area contributed by atoms with Crippen LogP contribution in [0.4, 0.5) is 0 Å². The molecule has 456 valence electrons. The van der Waals surface area contributed by atoms with E-state index in [0.29, 0.717) is 19.3 Å². The van der Waals surface area contributed by atoms with Gasteiger partial charge in [0.25, 0.3) is 0 Å². The molecule has 0 saturated heterocycles. The third-order valence-corrected chi connectivity index (χ3v) is 16.3. The first kappa shape index (κ1) is 75.2. The summed E-state index contributed by atoms with van der Waals surface area (Å²) in [6, 6.07) is 0. The van der Waals surface area contributed by atoms with Gasteiger partial charge in [0.2, 0.25) is 0 Å². The number of carbonyl (C=O) groups excluding carboxylic acids is 3. The van der Waals surface area contributed by atoms with E-state index in [-0.39, 0.29) is 31.1 Å². The number of esters is 3. The molecule has 0 amide bonds. The summed E-state index contributed by atoms with van der Waals surface area (Å²) in [5.74, 6) is -0.847. The second kappa shape index (κ2) is 66.7. The first-order valence-electron chi connectivity index (χ1n) is 35.2. The largest absolute Gasteiger partial charge is 0.462 e. The average Bonchev–Trinajstić information content (AvgIpc) is 3.43. The van der Waals surface area contributed by atoms with Gasteiger partial charge >= 0.3 is 17.9 Å². The molecule has 0 rings (SSSR count). The van der Waals surface area contributed by atoms with Crippen molar-refractivity contribution in [2.75, 3.05) is 13.2 Å². The zero-order chi connectivity index (χ0) is 55.7. The van der Waals surface area contributed by atoms with E-state index >= 15 is 0 Å². The molecule has 0 aliphatic heterocycles. The third kappa shape index (κ3) is 64.9. The third-order valence-electron chi connectivity index (χ3n) is 16.3. The molecule has 6 heteroatoms. The van der Waals surface area contributed by atoms with Gasteiger partial charge in [-0.3, -0.25) is 14.4 Å². The minimum absolute atomic E-state index is 0.0660. The van der Waals surface area contributed by atoms with Crippen LogP contribution in [0.1, 0.15) is 406 Å². The van der Waals surface area contributed by atoms with Crippen LogP contribution in [0.5, 0.6) is 0 Å². The van der Waals surface area contributed by atoms with Crippen molar-refractivity contribution in [3.05, 3.63) is 12.2 Å². The number of carbonyl (C=O) groups is 3. The van der Waals surface area contributed by atoms with Crippen LogP contribution in [0, 0.1) is 0 Å². The maximum Gasteiger partial charge on any atom is 0.306 e. The highest BCUT2D eigenvalue weighted by atomic mass is 16.6. The minimum atomic E-state index is -0.767. The van der Waals surface area contributed by atoms with E-state index in [9.17, 15) is 14.4 Å². The summed E-state index contributed by atoms with van der Waals surface area (Å²) in [5, 5.41) is 0. The van der Waals surface area contributed by atoms with Gasteiger partial charge in [0.05, 0.1) is 0 Å². The van der Waals surface area contributed by atoms with Crippen LogP contribution in [0.2, 0.25) is 0 Å². The molecule has 0 N–H and O–H groups in total. The molecular weight excluding hydrogens is 949 g/mol. The number of hydrogen-bond acceptors (Lipinski definition) is 6. The van der Waals surface area contributed by atoms with Crippen LogP contribution in [-0.4, -0.2) is 37.2 Å². The molecule has 0 heterocycles. The van der Waals surface area contributed by atoms with Gasteiger partial charge in [0, 0.05) is 19.3 Å². The van der Waals surface area contributed by atoms with Crippen LogP contribution >= 0.6 is 0 Å². The molecule has 0 fully saturated rings. The summed E-state index contributed by atoms with van der Waals surface area (Å²) in [6.07, 6.45) is 80.0. The highest BCUT2D eigenvalue weighted by molar-refractivity contribution is 5.71. The second-order valence-electron chi connectivity index (χ2n) is 24.2. The summed E-state index contributed by atoms with van der Waals surface area (Å²) < 4.78 is 16.9. The summed E-state index contributed by atoms with van der Waals surface area (Å²) >= 11 is 0. The monoisotopic (exact) mass is 1090 g/mol. The first-order valence-corrected chi connectivity index (χ1v) is 35.2. The Hall–Kier alpha value is -1.85. The summed E-state index contributed by atoms with van der Waals surface area (Å²) in [7, 11) is 0. The van der Waals surface area contributed by atoms with Crippen molar-refractivity contribution in [2.24, 2.45) is 0 Å². The molecule has 0 aromatic heterocycles. The second-order valence-corrected chi connectivity index (χ2v) is 24.2. The normalized spacial score (nSPS) is 12.0. The van der Waals surface area contributed by atoms with Crippen LogP contribution in [0.3, 0.4) is 0 Å². The quantitative estimate of drug-likeness (QED) is 0.0261. The smallest absolute Gasteiger partial charge is 0.306 e. The number of ether oxygens (including phenoxy) is 3. The van der Waals surface area contributed by atoms with E-state index in [1.165, 1.54) is 308 Å². The van der Waals surface area contributed by atoms with E-state index in [1.807, 2.05) is 0 Å². The van der Waals surface area contributed by atoms with Gasteiger partial charge in [-0.25, -0.2) is 0 Å². The number of hydrogen-bond donors (Lipinski definition) is 0. The predicted octanol–water partition coefficient (Wildman–Crippen LogP) is 24.0. The zero-order valence-corrected chi connectivity index (χ0v) is 52.5.